The molecular formula is C16H18FN5O3S. The Bertz CT molecular complexity index is 811. The summed E-state index contributed by atoms with van der Waals surface area (Å²) in [7, 11) is 0. The highest BCUT2D eigenvalue weighted by molar-refractivity contribution is 8.00. The maximum Gasteiger partial charge on any atom is 0.318 e. The number of primary amides is 1. The lowest BCUT2D eigenvalue weighted by atomic mass is 10.3. The molecule has 0 saturated carbocycles. The molecule has 0 aliphatic rings. The molecule has 3 N–H and O–H groups in total. The first-order valence-corrected chi connectivity index (χ1v) is 8.47. The van der Waals surface area contributed by atoms with E-state index in [0.29, 0.717) is 17.5 Å². The van der Waals surface area contributed by atoms with Crippen LogP contribution in [0.3, 0.4) is 0 Å². The molecule has 0 spiro atoms. The van der Waals surface area contributed by atoms with E-state index < -0.39 is 23.0 Å². The van der Waals surface area contributed by atoms with Crippen LogP contribution in [0.15, 0.2) is 42.1 Å². The Balaban J connectivity index is 2.11. The minimum Gasteiger partial charge on any atom is -0.483 e. The normalized spacial score (nSPS) is 11.6. The predicted molar refractivity (Wildman–Crippen MR) is 94.0 cm³/mol. The number of hydrogen-bond acceptors (Lipinski definition) is 6. The zero-order valence-corrected chi connectivity index (χ0v) is 14.8. The van der Waals surface area contributed by atoms with Gasteiger partial charge < -0.3 is 10.5 Å². The van der Waals surface area contributed by atoms with Gasteiger partial charge in [-0.25, -0.2) is 9.18 Å². The van der Waals surface area contributed by atoms with E-state index in [1.165, 1.54) is 12.1 Å². The van der Waals surface area contributed by atoms with Crippen molar-refractivity contribution in [2.45, 2.75) is 30.5 Å². The van der Waals surface area contributed by atoms with E-state index in [1.54, 1.807) is 29.7 Å². The van der Waals surface area contributed by atoms with Crippen LogP contribution in [-0.2, 0) is 17.9 Å². The molecule has 26 heavy (non-hydrogen) atoms. The van der Waals surface area contributed by atoms with Crippen molar-refractivity contribution in [1.82, 2.24) is 20.1 Å². The molecular weight excluding hydrogens is 361 g/mol. The second-order valence-electron chi connectivity index (χ2n) is 5.13. The summed E-state index contributed by atoms with van der Waals surface area (Å²) in [4.78, 5) is 22.6. The van der Waals surface area contributed by atoms with Gasteiger partial charge >= 0.3 is 6.03 Å². The van der Waals surface area contributed by atoms with Crippen molar-refractivity contribution in [1.29, 1.82) is 0 Å². The summed E-state index contributed by atoms with van der Waals surface area (Å²) < 4.78 is 20.8. The highest BCUT2D eigenvalue weighted by atomic mass is 32.2. The van der Waals surface area contributed by atoms with E-state index in [2.05, 4.69) is 16.8 Å². The van der Waals surface area contributed by atoms with Crippen LogP contribution in [0.5, 0.6) is 5.75 Å². The molecule has 0 aliphatic heterocycles. The van der Waals surface area contributed by atoms with E-state index in [9.17, 15) is 14.0 Å². The van der Waals surface area contributed by atoms with Crippen LogP contribution in [0.4, 0.5) is 9.18 Å². The fourth-order valence-electron chi connectivity index (χ4n) is 1.96. The number of rotatable bonds is 8. The van der Waals surface area contributed by atoms with Gasteiger partial charge in [-0.15, -0.1) is 16.8 Å². The van der Waals surface area contributed by atoms with Gasteiger partial charge in [0.25, 0.3) is 0 Å². The highest BCUT2D eigenvalue weighted by Gasteiger charge is 2.21. The fourth-order valence-corrected chi connectivity index (χ4v) is 2.84. The topological polar surface area (TPSA) is 112 Å². The Labute approximate surface area is 153 Å². The van der Waals surface area contributed by atoms with Crippen LogP contribution in [0.25, 0.3) is 0 Å². The average molecular weight is 379 g/mol. The third-order valence-corrected chi connectivity index (χ3v) is 4.28. The Morgan fingerprint density at radius 2 is 2.19 bits per heavy atom. The van der Waals surface area contributed by atoms with Gasteiger partial charge in [0, 0.05) is 6.54 Å². The molecule has 2 aromatic rings. The van der Waals surface area contributed by atoms with Crippen molar-refractivity contribution in [3.63, 3.8) is 0 Å². The summed E-state index contributed by atoms with van der Waals surface area (Å²) in [6.45, 7) is 5.64. The summed E-state index contributed by atoms with van der Waals surface area (Å²) in [6.07, 6.45) is 1.63. The molecule has 2 rings (SSSR count). The number of carbonyl (C=O) groups is 2. The Hall–Kier alpha value is -2.88. The number of aromatic nitrogens is 3. The maximum absolute atomic E-state index is 13.6. The first-order chi connectivity index (χ1) is 12.4. The van der Waals surface area contributed by atoms with Gasteiger partial charge in [0.05, 0.1) is 5.25 Å². The number of thioether (sulfide) groups is 1. The van der Waals surface area contributed by atoms with Crippen LogP contribution < -0.4 is 15.8 Å². The second-order valence-corrected chi connectivity index (χ2v) is 6.44. The first kappa shape index (κ1) is 19.4. The number of carbonyl (C=O) groups excluding carboxylic acids is 2. The summed E-state index contributed by atoms with van der Waals surface area (Å²) >= 11 is 1.10. The summed E-state index contributed by atoms with van der Waals surface area (Å²) in [6, 6.07) is 5.11. The van der Waals surface area contributed by atoms with Gasteiger partial charge in [-0.2, -0.15) is 0 Å². The molecule has 1 aromatic carbocycles. The zero-order valence-electron chi connectivity index (χ0n) is 14.0. The lowest BCUT2D eigenvalue weighted by molar-refractivity contribution is -0.119. The Morgan fingerprint density at radius 1 is 1.46 bits per heavy atom. The minimum absolute atomic E-state index is 0.00973. The smallest absolute Gasteiger partial charge is 0.318 e. The van der Waals surface area contributed by atoms with Gasteiger partial charge in [-0.05, 0) is 19.1 Å². The molecule has 138 valence electrons. The molecule has 0 saturated heterocycles. The number of urea groups is 1. The number of nitrogens with one attached hydrogen (secondary N) is 1. The van der Waals surface area contributed by atoms with Gasteiger partial charge in [0.2, 0.25) is 5.91 Å². The molecule has 3 amide bonds. The van der Waals surface area contributed by atoms with Crippen LogP contribution >= 0.6 is 11.8 Å². The third kappa shape index (κ3) is 5.06. The lowest BCUT2D eigenvalue weighted by Crippen LogP contribution is -2.39. The van der Waals surface area contributed by atoms with Crippen molar-refractivity contribution in [3.05, 3.63) is 48.6 Å². The number of benzene rings is 1. The van der Waals surface area contributed by atoms with E-state index >= 15 is 0 Å². The Morgan fingerprint density at radius 3 is 2.85 bits per heavy atom. The van der Waals surface area contributed by atoms with Crippen molar-refractivity contribution >= 4 is 23.7 Å². The van der Waals surface area contributed by atoms with Gasteiger partial charge in [-0.3, -0.25) is 14.7 Å². The van der Waals surface area contributed by atoms with Crippen molar-refractivity contribution in [2.24, 2.45) is 5.73 Å². The molecule has 0 bridgehead atoms. The standard InChI is InChI=1S/C16H18FN5O3S/c1-3-8-22-13(9-25-12-7-5-4-6-11(12)17)20-21-16(22)26-10(2)14(23)19-15(18)24/h3-7,10H,1,8-9H2,2H3,(H3,18,19,23,24)/t10-/m1/s1. The van der Waals surface area contributed by atoms with Gasteiger partial charge in [0.1, 0.15) is 6.61 Å². The molecule has 0 unspecified atom stereocenters. The zero-order chi connectivity index (χ0) is 19.1. The van der Waals surface area contributed by atoms with Gasteiger partial charge in [-0.1, -0.05) is 30.0 Å². The molecule has 1 heterocycles. The van der Waals surface area contributed by atoms with E-state index in [1.807, 2.05) is 5.32 Å². The molecule has 0 radical (unpaired) electrons. The number of nitrogens with zero attached hydrogens (tertiary/aromatic N) is 3. The number of imide groups is 1. The molecule has 1 atom stereocenters. The molecule has 8 nitrogen and oxygen atoms in total. The summed E-state index contributed by atoms with van der Waals surface area (Å²) in [5.41, 5.74) is 4.94. The first-order valence-electron chi connectivity index (χ1n) is 7.59. The van der Waals surface area contributed by atoms with E-state index in [0.717, 1.165) is 11.8 Å². The number of para-hydroxylation sites is 1. The highest BCUT2D eigenvalue weighted by Crippen LogP contribution is 2.23. The monoisotopic (exact) mass is 379 g/mol. The maximum atomic E-state index is 13.6. The number of halogens is 1. The quantitative estimate of drug-likeness (QED) is 0.535. The van der Waals surface area contributed by atoms with Gasteiger partial charge in [0.15, 0.2) is 22.5 Å². The number of ether oxygens (including phenoxy) is 1. The van der Waals surface area contributed by atoms with Crippen molar-refractivity contribution in [2.75, 3.05) is 0 Å². The number of allylic oxidation sites excluding steroid dienone is 1. The SMILES string of the molecule is C=CCn1c(COc2ccccc2F)nnc1S[C@H](C)C(=O)NC(N)=O. The van der Waals surface area contributed by atoms with E-state index in [4.69, 9.17) is 10.5 Å². The lowest BCUT2D eigenvalue weighted by Gasteiger charge is -2.12. The molecule has 0 aliphatic carbocycles. The number of amides is 3. The van der Waals surface area contributed by atoms with Crippen molar-refractivity contribution < 1.29 is 18.7 Å². The number of hydrogen-bond donors (Lipinski definition) is 2. The molecule has 1 aromatic heterocycles. The molecule has 10 heteroatoms. The summed E-state index contributed by atoms with van der Waals surface area (Å²) in [5.74, 6) is -0.476. The van der Waals surface area contributed by atoms with E-state index in [-0.39, 0.29) is 12.4 Å². The van der Waals surface area contributed by atoms with Crippen LogP contribution in [0, 0.1) is 5.82 Å². The van der Waals surface area contributed by atoms with Crippen LogP contribution in [-0.4, -0.2) is 32.0 Å². The largest absolute Gasteiger partial charge is 0.483 e. The second kappa shape index (κ2) is 8.99. The third-order valence-electron chi connectivity index (χ3n) is 3.20. The summed E-state index contributed by atoms with van der Waals surface area (Å²) in [5, 5.41) is 9.87. The molecule has 0 fully saturated rings. The fraction of sp³-hybridized carbons (Fsp3) is 0.250. The average Bonchev–Trinajstić information content (AvgIpc) is 2.96. The van der Waals surface area contributed by atoms with Crippen LogP contribution in [0.1, 0.15) is 12.7 Å². The number of nitrogens with two attached hydrogens (primary N) is 1. The Kier molecular flexibility index (Phi) is 6.73. The van der Waals surface area contributed by atoms with Crippen LogP contribution in [0.2, 0.25) is 0 Å². The van der Waals surface area contributed by atoms with Crippen molar-refractivity contribution in [3.8, 4) is 5.75 Å². The minimum atomic E-state index is -0.922. The predicted octanol–water partition coefficient (Wildman–Crippen LogP) is 1.86.